The number of carbonyl (C=O) groups excluding carboxylic acids is 1. The summed E-state index contributed by atoms with van der Waals surface area (Å²) in [7, 11) is -3.17. The number of nitrogens with one attached hydrogen (secondary N) is 2. The highest BCUT2D eigenvalue weighted by Gasteiger charge is 2.24. The Morgan fingerprint density at radius 2 is 1.46 bits per heavy atom. The molecule has 218 valence electrons. The maximum Gasteiger partial charge on any atom is 0.323 e. The second-order valence-corrected chi connectivity index (χ2v) is 12.8. The molecule has 0 saturated carbocycles. The molecule has 1 aromatic heterocycles. The summed E-state index contributed by atoms with van der Waals surface area (Å²) >= 11 is 8.06. The van der Waals surface area contributed by atoms with Crippen LogP contribution in [0.5, 0.6) is 0 Å². The van der Waals surface area contributed by atoms with Gasteiger partial charge in [0, 0.05) is 61.9 Å². The number of aromatic nitrogens is 2. The van der Waals surface area contributed by atoms with Gasteiger partial charge in [0.05, 0.1) is 24.4 Å². The van der Waals surface area contributed by atoms with E-state index in [1.165, 1.54) is 22.3 Å². The van der Waals surface area contributed by atoms with Crippen LogP contribution in [0.2, 0.25) is 5.15 Å². The highest BCUT2D eigenvalue weighted by molar-refractivity contribution is 7.98. The van der Waals surface area contributed by atoms with Crippen LogP contribution in [0.3, 0.4) is 0 Å². The molecular formula is C27H32ClN7O4S2. The number of nitrogens with zero attached hydrogens (tertiary/aromatic N) is 5. The van der Waals surface area contributed by atoms with Crippen molar-refractivity contribution in [2.75, 3.05) is 85.4 Å². The lowest BCUT2D eigenvalue weighted by molar-refractivity contribution is 0.122. The molecule has 0 bridgehead atoms. The summed E-state index contributed by atoms with van der Waals surface area (Å²) in [5.74, 6) is 1.32. The number of amides is 2. The number of urea groups is 1. The Morgan fingerprint density at radius 1 is 0.878 bits per heavy atom. The normalized spacial score (nSPS) is 16.5. The quantitative estimate of drug-likeness (QED) is 0.298. The number of sulfonamides is 1. The second kappa shape index (κ2) is 12.8. The van der Waals surface area contributed by atoms with Gasteiger partial charge in [0.2, 0.25) is 10.0 Å². The van der Waals surface area contributed by atoms with Crippen molar-refractivity contribution in [1.29, 1.82) is 0 Å². The summed E-state index contributed by atoms with van der Waals surface area (Å²) < 4.78 is 30.4. The number of benzene rings is 2. The smallest absolute Gasteiger partial charge is 0.323 e. The van der Waals surface area contributed by atoms with Gasteiger partial charge in [-0.15, -0.1) is 11.8 Å². The van der Waals surface area contributed by atoms with E-state index in [-0.39, 0.29) is 6.03 Å². The molecule has 2 aliphatic rings. The van der Waals surface area contributed by atoms with Crippen LogP contribution in [0.25, 0.3) is 11.4 Å². The fourth-order valence-electron chi connectivity index (χ4n) is 4.74. The van der Waals surface area contributed by atoms with E-state index in [0.29, 0.717) is 61.7 Å². The second-order valence-electron chi connectivity index (χ2n) is 9.65. The SMILES string of the molecule is CSc1c(Cl)nc(-c2ccc(NC(=O)Nc3ccc(N4CCN(S(C)(=O)=O)CC4)cc3)cc2)nc1N1CCOCC1. The predicted molar refractivity (Wildman–Crippen MR) is 165 cm³/mol. The fourth-order valence-corrected chi connectivity index (χ4v) is 6.53. The lowest BCUT2D eigenvalue weighted by Crippen LogP contribution is -2.48. The average molecular weight is 618 g/mol. The Labute approximate surface area is 249 Å². The minimum absolute atomic E-state index is 0.370. The zero-order valence-corrected chi connectivity index (χ0v) is 25.2. The van der Waals surface area contributed by atoms with Crippen molar-refractivity contribution in [3.8, 4) is 11.4 Å². The molecule has 0 spiro atoms. The lowest BCUT2D eigenvalue weighted by Gasteiger charge is -2.34. The molecule has 0 aliphatic carbocycles. The van der Waals surface area contributed by atoms with Gasteiger partial charge in [-0.05, 0) is 54.8 Å². The number of hydrogen-bond donors (Lipinski definition) is 2. The van der Waals surface area contributed by atoms with Gasteiger partial charge >= 0.3 is 6.03 Å². The van der Waals surface area contributed by atoms with Crippen LogP contribution < -0.4 is 20.4 Å². The summed E-state index contributed by atoms with van der Waals surface area (Å²) in [5.41, 5.74) is 3.02. The van der Waals surface area contributed by atoms with Crippen LogP contribution in [0.1, 0.15) is 0 Å². The molecule has 2 saturated heterocycles. The Kier molecular flexibility index (Phi) is 9.19. The molecular weight excluding hydrogens is 586 g/mol. The van der Waals surface area contributed by atoms with Gasteiger partial charge in [0.1, 0.15) is 11.0 Å². The van der Waals surface area contributed by atoms with Crippen molar-refractivity contribution >= 4 is 62.3 Å². The van der Waals surface area contributed by atoms with E-state index >= 15 is 0 Å². The van der Waals surface area contributed by atoms with Crippen LogP contribution in [-0.4, -0.2) is 93.7 Å². The molecule has 0 unspecified atom stereocenters. The lowest BCUT2D eigenvalue weighted by atomic mass is 10.2. The molecule has 2 aliphatic heterocycles. The monoisotopic (exact) mass is 617 g/mol. The van der Waals surface area contributed by atoms with Crippen LogP contribution in [0.15, 0.2) is 53.4 Å². The van der Waals surface area contributed by atoms with Gasteiger partial charge in [-0.1, -0.05) is 11.6 Å². The number of ether oxygens (including phenoxy) is 1. The minimum atomic E-state index is -3.17. The molecule has 3 heterocycles. The first-order valence-electron chi connectivity index (χ1n) is 13.1. The first-order chi connectivity index (χ1) is 19.7. The number of piperazine rings is 1. The van der Waals surface area contributed by atoms with E-state index in [9.17, 15) is 13.2 Å². The summed E-state index contributed by atoms with van der Waals surface area (Å²) in [5, 5.41) is 6.09. The van der Waals surface area contributed by atoms with Gasteiger partial charge in [0.15, 0.2) is 5.82 Å². The minimum Gasteiger partial charge on any atom is -0.378 e. The maximum absolute atomic E-state index is 12.6. The van der Waals surface area contributed by atoms with Crippen molar-refractivity contribution in [2.24, 2.45) is 0 Å². The van der Waals surface area contributed by atoms with Gasteiger partial charge in [-0.2, -0.15) is 4.31 Å². The molecule has 2 fully saturated rings. The van der Waals surface area contributed by atoms with Crippen molar-refractivity contribution in [1.82, 2.24) is 14.3 Å². The zero-order valence-electron chi connectivity index (χ0n) is 22.8. The Balaban J connectivity index is 1.19. The summed E-state index contributed by atoms with van der Waals surface area (Å²) in [6.07, 6.45) is 3.19. The molecule has 14 heteroatoms. The van der Waals surface area contributed by atoms with Gasteiger partial charge in [-0.25, -0.2) is 23.2 Å². The summed E-state index contributed by atoms with van der Waals surface area (Å²) in [6.45, 7) is 4.90. The highest BCUT2D eigenvalue weighted by Crippen LogP contribution is 2.35. The molecule has 2 amide bonds. The average Bonchev–Trinajstić information content (AvgIpc) is 2.97. The number of morpholine rings is 1. The molecule has 3 aromatic rings. The van der Waals surface area contributed by atoms with E-state index < -0.39 is 10.0 Å². The summed E-state index contributed by atoms with van der Waals surface area (Å²) in [4.78, 5) is 27.1. The first kappa shape index (κ1) is 29.4. The molecule has 0 atom stereocenters. The molecule has 0 radical (unpaired) electrons. The Bertz CT molecular complexity index is 1480. The van der Waals surface area contributed by atoms with Crippen molar-refractivity contribution in [2.45, 2.75) is 4.90 Å². The van der Waals surface area contributed by atoms with E-state index in [1.54, 1.807) is 12.1 Å². The van der Waals surface area contributed by atoms with Crippen molar-refractivity contribution in [3.05, 3.63) is 53.7 Å². The number of halogens is 1. The molecule has 11 nitrogen and oxygen atoms in total. The predicted octanol–water partition coefficient (Wildman–Crippen LogP) is 4.08. The third kappa shape index (κ3) is 7.22. The van der Waals surface area contributed by atoms with E-state index in [4.69, 9.17) is 21.3 Å². The van der Waals surface area contributed by atoms with E-state index in [0.717, 1.165) is 35.1 Å². The van der Waals surface area contributed by atoms with Gasteiger partial charge < -0.3 is 25.2 Å². The highest BCUT2D eigenvalue weighted by atomic mass is 35.5. The third-order valence-electron chi connectivity index (χ3n) is 6.92. The number of anilines is 4. The van der Waals surface area contributed by atoms with E-state index in [2.05, 4.69) is 25.4 Å². The third-order valence-corrected chi connectivity index (χ3v) is 9.39. The molecule has 2 aromatic carbocycles. The Hall–Kier alpha value is -3.10. The first-order valence-corrected chi connectivity index (χ1v) is 16.6. The number of carbonyl (C=O) groups is 1. The van der Waals surface area contributed by atoms with Crippen LogP contribution >= 0.6 is 23.4 Å². The standard InChI is InChI=1S/C27H32ClN7O4S2/c1-40-23-24(28)31-25(32-26(23)34-15-17-39-18-16-34)19-3-5-20(6-4-19)29-27(36)30-21-7-9-22(10-8-21)33-11-13-35(14-12-33)41(2,37)38/h3-10H,11-18H2,1-2H3,(H2,29,30,36). The van der Waals surface area contributed by atoms with Crippen LogP contribution in [-0.2, 0) is 14.8 Å². The van der Waals surface area contributed by atoms with Crippen molar-refractivity contribution in [3.63, 3.8) is 0 Å². The zero-order chi connectivity index (χ0) is 29.0. The Morgan fingerprint density at radius 3 is 2.02 bits per heavy atom. The van der Waals surface area contributed by atoms with E-state index in [1.807, 2.05) is 42.7 Å². The largest absolute Gasteiger partial charge is 0.378 e. The maximum atomic E-state index is 12.6. The van der Waals surface area contributed by atoms with Gasteiger partial charge in [-0.3, -0.25) is 0 Å². The number of thioether (sulfide) groups is 1. The summed E-state index contributed by atoms with van der Waals surface area (Å²) in [6, 6.07) is 14.4. The fraction of sp³-hybridized carbons (Fsp3) is 0.370. The number of hydrogen-bond acceptors (Lipinski definition) is 9. The van der Waals surface area contributed by atoms with Crippen LogP contribution in [0.4, 0.5) is 27.7 Å². The molecule has 2 N–H and O–H groups in total. The topological polar surface area (TPSA) is 120 Å². The number of rotatable bonds is 7. The van der Waals surface area contributed by atoms with Crippen molar-refractivity contribution < 1.29 is 17.9 Å². The molecule has 5 rings (SSSR count). The van der Waals surface area contributed by atoms with Crippen LogP contribution in [0, 0.1) is 0 Å². The molecule has 41 heavy (non-hydrogen) atoms. The van der Waals surface area contributed by atoms with Gasteiger partial charge in [0.25, 0.3) is 0 Å².